The molecule has 0 aromatic heterocycles. The molecule has 0 aliphatic heterocycles. The van der Waals surface area contributed by atoms with Crippen LogP contribution in [0.3, 0.4) is 0 Å². The van der Waals surface area contributed by atoms with Gasteiger partial charge in [0, 0.05) is 38.7 Å². The zero-order valence-corrected chi connectivity index (χ0v) is 13.2. The van der Waals surface area contributed by atoms with Crippen molar-refractivity contribution in [2.45, 2.75) is 5.75 Å². The number of nitrogens with one attached hydrogen (secondary N) is 1. The third kappa shape index (κ3) is 4.15. The monoisotopic (exact) mass is 383 g/mol. The van der Waals surface area contributed by atoms with Gasteiger partial charge in [-0.15, -0.1) is 0 Å². The van der Waals surface area contributed by atoms with Crippen molar-refractivity contribution in [2.75, 3.05) is 12.4 Å². The number of para-hydroxylation sites is 1. The average Bonchev–Trinajstić information content (AvgIpc) is 2.37. The molecule has 0 saturated carbocycles. The van der Waals surface area contributed by atoms with Gasteiger partial charge in [0.25, 0.3) is 10.1 Å². The van der Waals surface area contributed by atoms with Crippen LogP contribution in [0, 0.1) is 0 Å². The quantitative estimate of drug-likeness (QED) is 0.629. The maximum Gasteiger partial charge on any atom is 0.269 e. The van der Waals surface area contributed by atoms with E-state index in [1.54, 1.807) is 12.1 Å². The number of anilines is 1. The molecule has 0 amide bonds. The smallest absolute Gasteiger partial charge is 0.269 e. The average molecular weight is 384 g/mol. The second-order valence-electron chi connectivity index (χ2n) is 4.18. The summed E-state index contributed by atoms with van der Waals surface area (Å²) in [7, 11) is -2.24. The first-order valence-electron chi connectivity index (χ1n) is 5.81. The van der Waals surface area contributed by atoms with E-state index in [2.05, 4.69) is 5.32 Å². The molecule has 0 saturated heterocycles. The summed E-state index contributed by atoms with van der Waals surface area (Å²) in [5.74, 6) is -0.388. The molecule has 0 atom stereocenters. The molecule has 4 nitrogen and oxygen atoms in total. The Bertz CT molecular complexity index is 686. The van der Waals surface area contributed by atoms with Gasteiger partial charge in [-0.05, 0) is 17.2 Å². The van der Waals surface area contributed by atoms with Crippen molar-refractivity contribution in [2.24, 2.45) is 0 Å². The van der Waals surface area contributed by atoms with Crippen LogP contribution in [0.15, 0.2) is 48.5 Å². The molecule has 6 heteroatoms. The molecule has 2 aromatic carbocycles. The Hall–Kier alpha value is -1.19. The third-order valence-electron chi connectivity index (χ3n) is 2.84. The van der Waals surface area contributed by atoms with E-state index in [0.29, 0.717) is 5.56 Å². The Labute approximate surface area is 132 Å². The van der Waals surface area contributed by atoms with E-state index >= 15 is 0 Å². The van der Waals surface area contributed by atoms with E-state index in [1.165, 1.54) is 0 Å². The van der Waals surface area contributed by atoms with Gasteiger partial charge in [-0.3, -0.25) is 4.55 Å². The summed E-state index contributed by atoms with van der Waals surface area (Å²) in [6.07, 6.45) is 0. The van der Waals surface area contributed by atoms with Crippen LogP contribution in [0.2, 0.25) is 0 Å². The van der Waals surface area contributed by atoms with E-state index in [4.69, 9.17) is 4.55 Å². The molecule has 20 heavy (non-hydrogen) atoms. The van der Waals surface area contributed by atoms with E-state index in [9.17, 15) is 8.42 Å². The molecular weight excluding hydrogens is 369 g/mol. The van der Waals surface area contributed by atoms with Crippen LogP contribution in [0.5, 0.6) is 0 Å². The van der Waals surface area contributed by atoms with Crippen molar-refractivity contribution in [3.63, 3.8) is 0 Å². The summed E-state index contributed by atoms with van der Waals surface area (Å²) >= 11 is 0. The molecular formula is C14H15NO3PdS. The fourth-order valence-electron chi connectivity index (χ4n) is 2.04. The van der Waals surface area contributed by atoms with Gasteiger partial charge in [0.05, 0.1) is 0 Å². The van der Waals surface area contributed by atoms with Gasteiger partial charge in [-0.25, -0.2) is 0 Å². The van der Waals surface area contributed by atoms with Crippen molar-refractivity contribution in [1.82, 2.24) is 0 Å². The van der Waals surface area contributed by atoms with Gasteiger partial charge in [0.1, 0.15) is 5.75 Å². The zero-order valence-electron chi connectivity index (χ0n) is 10.8. The summed E-state index contributed by atoms with van der Waals surface area (Å²) in [5.41, 5.74) is 3.19. The van der Waals surface area contributed by atoms with Crippen LogP contribution < -0.4 is 5.32 Å². The van der Waals surface area contributed by atoms with Gasteiger partial charge in [-0.1, -0.05) is 42.5 Å². The van der Waals surface area contributed by atoms with Crippen molar-refractivity contribution in [3.05, 3.63) is 54.1 Å². The SMILES string of the molecule is CNc1ccccc1-c1ccccc1CS(=O)(=O)O.[Pd]. The normalized spacial score (nSPS) is 10.7. The molecule has 2 aromatic rings. The van der Waals surface area contributed by atoms with Gasteiger partial charge >= 0.3 is 0 Å². The Kier molecular flexibility index (Phi) is 5.91. The molecule has 0 radical (unpaired) electrons. The van der Waals surface area contributed by atoms with E-state index in [-0.39, 0.29) is 26.2 Å². The summed E-state index contributed by atoms with van der Waals surface area (Å²) in [6, 6.07) is 14.8. The Morgan fingerprint density at radius 2 is 1.55 bits per heavy atom. The second-order valence-corrected chi connectivity index (χ2v) is 5.63. The van der Waals surface area contributed by atoms with Gasteiger partial charge in [-0.2, -0.15) is 8.42 Å². The molecule has 0 aliphatic carbocycles. The molecule has 2 N–H and O–H groups in total. The standard InChI is InChI=1S/C14H15NO3S.Pd/c1-15-14-9-5-4-8-13(14)12-7-3-2-6-11(12)10-19(16,17)18;/h2-9,15H,10H2,1H3,(H,16,17,18);. The largest absolute Gasteiger partial charge is 0.388 e. The van der Waals surface area contributed by atoms with Crippen LogP contribution in [0.25, 0.3) is 11.1 Å². The number of hydrogen-bond donors (Lipinski definition) is 2. The first kappa shape index (κ1) is 16.9. The molecule has 0 aliphatic rings. The van der Waals surface area contributed by atoms with Crippen molar-refractivity contribution < 1.29 is 33.4 Å². The summed E-state index contributed by atoms with van der Waals surface area (Å²) in [4.78, 5) is 0. The maximum atomic E-state index is 11.1. The Balaban J connectivity index is 0.00000200. The topological polar surface area (TPSA) is 66.4 Å². The predicted molar refractivity (Wildman–Crippen MR) is 76.7 cm³/mol. The Morgan fingerprint density at radius 3 is 2.15 bits per heavy atom. The summed E-state index contributed by atoms with van der Waals surface area (Å²) in [6.45, 7) is 0. The molecule has 0 spiro atoms. The van der Waals surface area contributed by atoms with Crippen LogP contribution in [0.1, 0.15) is 5.56 Å². The number of benzene rings is 2. The third-order valence-corrected chi connectivity index (χ3v) is 3.52. The van der Waals surface area contributed by atoms with Crippen LogP contribution in [-0.4, -0.2) is 20.0 Å². The molecule has 0 heterocycles. The minimum Gasteiger partial charge on any atom is -0.388 e. The predicted octanol–water partition coefficient (Wildman–Crippen LogP) is 2.78. The summed E-state index contributed by atoms with van der Waals surface area (Å²) in [5, 5.41) is 3.07. The molecule has 0 fully saturated rings. The minimum absolute atomic E-state index is 0. The fraction of sp³-hybridized carbons (Fsp3) is 0.143. The zero-order chi connectivity index (χ0) is 13.9. The number of hydrogen-bond acceptors (Lipinski definition) is 3. The molecule has 0 bridgehead atoms. The van der Waals surface area contributed by atoms with Crippen LogP contribution in [-0.2, 0) is 36.3 Å². The maximum absolute atomic E-state index is 11.1. The molecule has 0 unspecified atom stereocenters. The van der Waals surface area contributed by atoms with Crippen molar-refractivity contribution in [3.8, 4) is 11.1 Å². The van der Waals surface area contributed by atoms with Crippen LogP contribution in [0.4, 0.5) is 5.69 Å². The number of rotatable bonds is 4. The Morgan fingerprint density at radius 1 is 1.00 bits per heavy atom. The van der Waals surface area contributed by atoms with Crippen molar-refractivity contribution >= 4 is 15.8 Å². The van der Waals surface area contributed by atoms with Gasteiger partial charge in [0.2, 0.25) is 0 Å². The minimum atomic E-state index is -4.05. The molecule has 110 valence electrons. The van der Waals surface area contributed by atoms with Gasteiger partial charge in [0.15, 0.2) is 0 Å². The van der Waals surface area contributed by atoms with Crippen LogP contribution >= 0.6 is 0 Å². The van der Waals surface area contributed by atoms with E-state index in [0.717, 1.165) is 16.8 Å². The molecule has 2 rings (SSSR count). The van der Waals surface area contributed by atoms with E-state index in [1.807, 2.05) is 43.4 Å². The first-order chi connectivity index (χ1) is 9.01. The fourth-order valence-corrected chi connectivity index (χ4v) is 2.69. The van der Waals surface area contributed by atoms with Gasteiger partial charge < -0.3 is 5.32 Å². The summed E-state index contributed by atoms with van der Waals surface area (Å²) < 4.78 is 31.2. The van der Waals surface area contributed by atoms with E-state index < -0.39 is 10.1 Å². The van der Waals surface area contributed by atoms with Crippen molar-refractivity contribution in [1.29, 1.82) is 0 Å². The first-order valence-corrected chi connectivity index (χ1v) is 7.42. The second kappa shape index (κ2) is 7.00.